The lowest BCUT2D eigenvalue weighted by Crippen LogP contribution is -1.92. The molecule has 0 radical (unpaired) electrons. The fourth-order valence-corrected chi connectivity index (χ4v) is 4.71. The molecule has 0 nitrogen and oxygen atoms in total. The minimum Gasteiger partial charge on any atom is -0.0622 e. The van der Waals surface area contributed by atoms with Gasteiger partial charge in [0.15, 0.2) is 0 Å². The molecule has 0 spiro atoms. The molecule has 2 heteroatoms. The summed E-state index contributed by atoms with van der Waals surface area (Å²) in [5, 5.41) is 0. The zero-order chi connectivity index (χ0) is 24.7. The smallest absolute Gasteiger partial charge is 0.0175 e. The molecule has 5 rings (SSSR count). The summed E-state index contributed by atoms with van der Waals surface area (Å²) in [4.78, 5) is 0. The van der Waals surface area contributed by atoms with Gasteiger partial charge in [-0.2, -0.15) is 0 Å². The van der Waals surface area contributed by atoms with Gasteiger partial charge in [0.1, 0.15) is 0 Å². The van der Waals surface area contributed by atoms with Crippen molar-refractivity contribution in [3.8, 4) is 0 Å². The van der Waals surface area contributed by atoms with Crippen LogP contribution in [0.5, 0.6) is 0 Å². The highest BCUT2D eigenvalue weighted by Gasteiger charge is 2.09. The molecule has 0 atom stereocenters. The van der Waals surface area contributed by atoms with Crippen LogP contribution >= 0.6 is 31.9 Å². The fourth-order valence-electron chi connectivity index (χ4n) is 4.18. The lowest BCUT2D eigenvalue weighted by molar-refractivity contribution is 1.51. The molecule has 0 N–H and O–H groups in total. The van der Waals surface area contributed by atoms with Crippen molar-refractivity contribution in [2.24, 2.45) is 0 Å². The number of hydrogen-bond acceptors (Lipinski definition) is 0. The molecule has 0 aromatic heterocycles. The lowest BCUT2D eigenvalue weighted by atomic mass is 9.91. The Bertz CT molecular complexity index is 1360. The van der Waals surface area contributed by atoms with E-state index in [0.29, 0.717) is 0 Å². The topological polar surface area (TPSA) is 0 Å². The van der Waals surface area contributed by atoms with Crippen LogP contribution in [0.2, 0.25) is 0 Å². The maximum atomic E-state index is 3.54. The van der Waals surface area contributed by atoms with Crippen LogP contribution in [0.3, 0.4) is 0 Å². The predicted molar refractivity (Wildman–Crippen MR) is 162 cm³/mol. The molecule has 0 aliphatic carbocycles. The van der Waals surface area contributed by atoms with Crippen LogP contribution < -0.4 is 0 Å². The molecule has 5 aromatic rings. The van der Waals surface area contributed by atoms with Crippen LogP contribution in [0, 0.1) is 0 Å². The maximum absolute atomic E-state index is 3.54. The Morgan fingerprint density at radius 3 is 1.00 bits per heavy atom. The van der Waals surface area contributed by atoms with Gasteiger partial charge in [-0.3, -0.25) is 0 Å². The number of rotatable bonds is 6. The lowest BCUT2D eigenvalue weighted by Gasteiger charge is -2.13. The molecule has 0 saturated carbocycles. The Labute approximate surface area is 229 Å². The summed E-state index contributed by atoms with van der Waals surface area (Å²) in [6, 6.07) is 46.9. The molecule has 0 saturated heterocycles. The van der Waals surface area contributed by atoms with Crippen molar-refractivity contribution < 1.29 is 0 Å². The van der Waals surface area contributed by atoms with Crippen molar-refractivity contribution in [3.63, 3.8) is 0 Å². The van der Waals surface area contributed by atoms with Crippen LogP contribution in [0.25, 0.3) is 23.3 Å². The molecular weight excluding hydrogens is 568 g/mol. The molecule has 174 valence electrons. The van der Waals surface area contributed by atoms with Crippen molar-refractivity contribution in [2.45, 2.75) is 0 Å². The van der Waals surface area contributed by atoms with Gasteiger partial charge in [-0.25, -0.2) is 0 Å². The average Bonchev–Trinajstić information content (AvgIpc) is 2.94. The molecule has 0 fully saturated rings. The highest BCUT2D eigenvalue weighted by atomic mass is 79.9. The van der Waals surface area contributed by atoms with Crippen molar-refractivity contribution in [2.75, 3.05) is 0 Å². The first-order valence-corrected chi connectivity index (χ1v) is 13.4. The Balaban J connectivity index is 1.57. The monoisotopic (exact) mass is 590 g/mol. The third-order valence-corrected chi connectivity index (χ3v) is 7.10. The molecule has 0 amide bonds. The Hall–Kier alpha value is -3.46. The number of halogens is 2. The third-order valence-electron chi connectivity index (χ3n) is 6.04. The second-order valence-electron chi connectivity index (χ2n) is 8.53. The van der Waals surface area contributed by atoms with E-state index >= 15 is 0 Å². The molecule has 0 aliphatic rings. The SMILES string of the molecule is Brc1ccc(C=C(c2ccccc2)c2ccc(C(=Cc3ccc(Br)cc3)c3ccccc3)cc2)cc1. The van der Waals surface area contributed by atoms with Crippen molar-refractivity contribution >= 4 is 55.2 Å². The van der Waals surface area contributed by atoms with Crippen LogP contribution in [0.4, 0.5) is 0 Å². The van der Waals surface area contributed by atoms with Crippen molar-refractivity contribution in [1.82, 2.24) is 0 Å². The van der Waals surface area contributed by atoms with Gasteiger partial charge in [-0.15, -0.1) is 0 Å². The molecule has 0 unspecified atom stereocenters. The molecule has 0 aliphatic heterocycles. The quantitative estimate of drug-likeness (QED) is 0.172. The van der Waals surface area contributed by atoms with Gasteiger partial charge in [0.05, 0.1) is 0 Å². The van der Waals surface area contributed by atoms with Crippen LogP contribution in [-0.2, 0) is 0 Å². The predicted octanol–water partition coefficient (Wildman–Crippen LogP) is 10.4. The first-order valence-electron chi connectivity index (χ1n) is 11.8. The van der Waals surface area contributed by atoms with E-state index in [9.17, 15) is 0 Å². The second kappa shape index (κ2) is 11.5. The first-order chi connectivity index (χ1) is 17.7. The van der Waals surface area contributed by atoms with Gasteiger partial charge in [0.25, 0.3) is 0 Å². The summed E-state index contributed by atoms with van der Waals surface area (Å²) in [6.45, 7) is 0. The van der Waals surface area contributed by atoms with Crippen LogP contribution in [0.1, 0.15) is 33.4 Å². The Kier molecular flexibility index (Phi) is 7.76. The van der Waals surface area contributed by atoms with E-state index in [2.05, 4.69) is 177 Å². The number of benzene rings is 5. The summed E-state index contributed by atoms with van der Waals surface area (Å²) in [7, 11) is 0. The molecule has 5 aromatic carbocycles. The van der Waals surface area contributed by atoms with E-state index in [1.165, 1.54) is 44.5 Å². The minimum atomic E-state index is 1.08. The van der Waals surface area contributed by atoms with E-state index in [-0.39, 0.29) is 0 Å². The van der Waals surface area contributed by atoms with Gasteiger partial charge in [0, 0.05) is 8.95 Å². The van der Waals surface area contributed by atoms with Crippen LogP contribution in [0.15, 0.2) is 142 Å². The van der Waals surface area contributed by atoms with E-state index in [1.54, 1.807) is 0 Å². The standard InChI is InChI=1S/C34H24Br2/c35-31-19-11-25(12-20-31)23-33(27-7-3-1-4-8-27)29-15-17-30(18-16-29)34(28-9-5-2-6-10-28)24-26-13-21-32(36)22-14-26/h1-24H. The average molecular weight is 592 g/mol. The minimum absolute atomic E-state index is 1.08. The first kappa shape index (κ1) is 24.2. The van der Waals surface area contributed by atoms with E-state index < -0.39 is 0 Å². The van der Waals surface area contributed by atoms with Gasteiger partial charge in [-0.1, -0.05) is 141 Å². The van der Waals surface area contributed by atoms with E-state index in [1.807, 2.05) is 0 Å². The fraction of sp³-hybridized carbons (Fsp3) is 0. The maximum Gasteiger partial charge on any atom is 0.0175 e. The summed E-state index contributed by atoms with van der Waals surface area (Å²) in [5.74, 6) is 0. The summed E-state index contributed by atoms with van der Waals surface area (Å²) in [6.07, 6.45) is 4.51. The molecular formula is C34H24Br2. The van der Waals surface area contributed by atoms with Gasteiger partial charge in [0.2, 0.25) is 0 Å². The van der Waals surface area contributed by atoms with Gasteiger partial charge >= 0.3 is 0 Å². The van der Waals surface area contributed by atoms with Gasteiger partial charge < -0.3 is 0 Å². The molecule has 0 heterocycles. The molecule has 0 bridgehead atoms. The van der Waals surface area contributed by atoms with E-state index in [0.717, 1.165) is 8.95 Å². The van der Waals surface area contributed by atoms with E-state index in [4.69, 9.17) is 0 Å². The highest BCUT2D eigenvalue weighted by Crippen LogP contribution is 2.31. The van der Waals surface area contributed by atoms with Crippen molar-refractivity contribution in [3.05, 3.63) is 176 Å². The second-order valence-corrected chi connectivity index (χ2v) is 10.4. The zero-order valence-corrected chi connectivity index (χ0v) is 22.8. The molecule has 36 heavy (non-hydrogen) atoms. The van der Waals surface area contributed by atoms with Crippen molar-refractivity contribution in [1.29, 1.82) is 0 Å². The summed E-state index contributed by atoms with van der Waals surface area (Å²) >= 11 is 7.08. The van der Waals surface area contributed by atoms with Crippen LogP contribution in [-0.4, -0.2) is 0 Å². The summed E-state index contributed by atoms with van der Waals surface area (Å²) in [5.41, 5.74) is 9.49. The zero-order valence-electron chi connectivity index (χ0n) is 19.6. The third kappa shape index (κ3) is 6.02. The number of hydrogen-bond donors (Lipinski definition) is 0. The van der Waals surface area contributed by atoms with Gasteiger partial charge in [-0.05, 0) is 80.9 Å². The Morgan fingerprint density at radius 2 is 0.667 bits per heavy atom. The highest BCUT2D eigenvalue weighted by molar-refractivity contribution is 9.10. The largest absolute Gasteiger partial charge is 0.0622 e. The normalized spacial score (nSPS) is 11.9. The Morgan fingerprint density at radius 1 is 0.361 bits per heavy atom. The summed E-state index contributed by atoms with van der Waals surface area (Å²) < 4.78 is 2.16.